The van der Waals surface area contributed by atoms with Crippen LogP contribution in [-0.4, -0.2) is 29.8 Å². The SMILES string of the molecule is Cc1c(Cl)cccc1N1C(=O)C(c2cccs2)=C(N2CCCCC2)C1=O. The van der Waals surface area contributed by atoms with Crippen molar-refractivity contribution in [2.75, 3.05) is 18.0 Å². The summed E-state index contributed by atoms with van der Waals surface area (Å²) in [5.41, 5.74) is 2.36. The van der Waals surface area contributed by atoms with Crippen molar-refractivity contribution in [3.05, 3.63) is 56.9 Å². The van der Waals surface area contributed by atoms with Crippen LogP contribution in [-0.2, 0) is 9.59 Å². The van der Waals surface area contributed by atoms with E-state index in [0.717, 1.165) is 42.8 Å². The highest BCUT2D eigenvalue weighted by molar-refractivity contribution is 7.11. The number of anilines is 1. The Bertz CT molecular complexity index is 899. The number of thiophene rings is 1. The standard InChI is InChI=1S/C20H19ClN2O2S/c1-13-14(21)7-5-8-15(13)23-19(24)17(16-9-6-12-26-16)18(20(23)25)22-10-3-2-4-11-22/h5-9,12H,2-4,10-11H2,1H3. The van der Waals surface area contributed by atoms with Crippen LogP contribution >= 0.6 is 22.9 Å². The van der Waals surface area contributed by atoms with Crippen molar-refractivity contribution in [2.24, 2.45) is 0 Å². The van der Waals surface area contributed by atoms with Gasteiger partial charge in [0.2, 0.25) is 0 Å². The molecular formula is C20H19ClN2O2S. The van der Waals surface area contributed by atoms with Gasteiger partial charge in [0.15, 0.2) is 0 Å². The van der Waals surface area contributed by atoms with Crippen molar-refractivity contribution >= 4 is 46.0 Å². The lowest BCUT2D eigenvalue weighted by atomic mass is 10.1. The number of hydrogen-bond donors (Lipinski definition) is 0. The molecule has 1 fully saturated rings. The zero-order valence-electron chi connectivity index (χ0n) is 14.5. The fourth-order valence-electron chi connectivity index (χ4n) is 3.63. The van der Waals surface area contributed by atoms with Gasteiger partial charge in [0, 0.05) is 23.0 Å². The molecule has 0 N–H and O–H groups in total. The van der Waals surface area contributed by atoms with Gasteiger partial charge in [0.1, 0.15) is 5.70 Å². The van der Waals surface area contributed by atoms with Gasteiger partial charge in [-0.15, -0.1) is 11.3 Å². The first kappa shape index (κ1) is 17.3. The van der Waals surface area contributed by atoms with Crippen LogP contribution in [0.3, 0.4) is 0 Å². The van der Waals surface area contributed by atoms with Gasteiger partial charge in [-0.2, -0.15) is 0 Å². The van der Waals surface area contributed by atoms with Crippen LogP contribution in [0.15, 0.2) is 41.4 Å². The van der Waals surface area contributed by atoms with E-state index >= 15 is 0 Å². The molecule has 26 heavy (non-hydrogen) atoms. The molecule has 2 aliphatic rings. The molecule has 3 heterocycles. The van der Waals surface area contributed by atoms with E-state index in [9.17, 15) is 9.59 Å². The van der Waals surface area contributed by atoms with Gasteiger partial charge >= 0.3 is 0 Å². The molecule has 0 saturated carbocycles. The van der Waals surface area contributed by atoms with Gasteiger partial charge in [-0.25, -0.2) is 4.90 Å². The Kier molecular flexibility index (Phi) is 4.59. The maximum absolute atomic E-state index is 13.4. The first-order chi connectivity index (χ1) is 12.6. The Labute approximate surface area is 161 Å². The summed E-state index contributed by atoms with van der Waals surface area (Å²) < 4.78 is 0. The highest BCUT2D eigenvalue weighted by Crippen LogP contribution is 2.39. The minimum atomic E-state index is -0.261. The van der Waals surface area contributed by atoms with E-state index in [1.165, 1.54) is 16.2 Å². The van der Waals surface area contributed by atoms with Gasteiger partial charge in [0.25, 0.3) is 11.8 Å². The Hall–Kier alpha value is -2.11. The van der Waals surface area contributed by atoms with Gasteiger partial charge < -0.3 is 4.90 Å². The molecule has 0 radical (unpaired) electrons. The molecule has 2 amide bonds. The average Bonchev–Trinajstić information content (AvgIpc) is 3.25. The summed E-state index contributed by atoms with van der Waals surface area (Å²) in [5.74, 6) is -0.506. The van der Waals surface area contributed by atoms with Crippen molar-refractivity contribution < 1.29 is 9.59 Å². The largest absolute Gasteiger partial charge is 0.366 e. The summed E-state index contributed by atoms with van der Waals surface area (Å²) in [6, 6.07) is 9.14. The van der Waals surface area contributed by atoms with Crippen molar-refractivity contribution in [3.63, 3.8) is 0 Å². The third kappa shape index (κ3) is 2.75. The molecule has 1 aromatic carbocycles. The van der Waals surface area contributed by atoms with Gasteiger partial charge in [0.05, 0.1) is 11.3 Å². The molecule has 2 aliphatic heterocycles. The maximum Gasteiger partial charge on any atom is 0.282 e. The van der Waals surface area contributed by atoms with Crippen LogP contribution in [0.5, 0.6) is 0 Å². The molecule has 2 aromatic rings. The summed E-state index contributed by atoms with van der Waals surface area (Å²) in [7, 11) is 0. The molecule has 4 rings (SSSR count). The molecule has 4 nitrogen and oxygen atoms in total. The molecule has 6 heteroatoms. The number of benzene rings is 1. The predicted octanol–water partition coefficient (Wildman–Crippen LogP) is 4.48. The summed E-state index contributed by atoms with van der Waals surface area (Å²) in [5, 5.41) is 2.48. The molecule has 0 unspecified atom stereocenters. The number of amides is 2. The molecule has 0 spiro atoms. The number of piperidine rings is 1. The van der Waals surface area contributed by atoms with E-state index in [1.807, 2.05) is 24.4 Å². The molecule has 0 atom stereocenters. The molecule has 0 bridgehead atoms. The zero-order valence-corrected chi connectivity index (χ0v) is 16.1. The number of carbonyl (C=O) groups is 2. The van der Waals surface area contributed by atoms with Crippen molar-refractivity contribution in [2.45, 2.75) is 26.2 Å². The highest BCUT2D eigenvalue weighted by Gasteiger charge is 2.43. The number of rotatable bonds is 3. The number of carbonyl (C=O) groups excluding carboxylic acids is 2. The second-order valence-electron chi connectivity index (χ2n) is 6.58. The van der Waals surface area contributed by atoms with E-state index in [-0.39, 0.29) is 11.8 Å². The minimum absolute atomic E-state index is 0.245. The fraction of sp³-hybridized carbons (Fsp3) is 0.300. The van der Waals surface area contributed by atoms with Crippen molar-refractivity contribution in [3.8, 4) is 0 Å². The number of likely N-dealkylation sites (tertiary alicyclic amines) is 1. The Morgan fingerprint density at radius 1 is 1.00 bits per heavy atom. The molecule has 134 valence electrons. The van der Waals surface area contributed by atoms with Crippen LogP contribution in [0.1, 0.15) is 29.7 Å². The maximum atomic E-state index is 13.4. The molecule has 1 saturated heterocycles. The number of halogens is 1. The normalized spacial score (nSPS) is 18.2. The first-order valence-electron chi connectivity index (χ1n) is 8.76. The van der Waals surface area contributed by atoms with E-state index in [1.54, 1.807) is 18.2 Å². The van der Waals surface area contributed by atoms with Gasteiger partial charge in [-0.3, -0.25) is 9.59 Å². The predicted molar refractivity (Wildman–Crippen MR) is 105 cm³/mol. The smallest absolute Gasteiger partial charge is 0.282 e. The van der Waals surface area contributed by atoms with Crippen molar-refractivity contribution in [1.29, 1.82) is 0 Å². The summed E-state index contributed by atoms with van der Waals surface area (Å²) in [4.78, 5) is 30.9. The lowest BCUT2D eigenvalue weighted by Crippen LogP contribution is -2.37. The van der Waals surface area contributed by atoms with E-state index < -0.39 is 0 Å². The third-order valence-corrected chi connectivity index (χ3v) is 6.28. The van der Waals surface area contributed by atoms with Crippen LogP contribution in [0.4, 0.5) is 5.69 Å². The highest BCUT2D eigenvalue weighted by atomic mass is 35.5. The van der Waals surface area contributed by atoms with E-state index in [4.69, 9.17) is 11.6 Å². The second kappa shape index (κ2) is 6.89. The van der Waals surface area contributed by atoms with E-state index in [2.05, 4.69) is 4.90 Å². The summed E-state index contributed by atoms with van der Waals surface area (Å²) >= 11 is 7.73. The monoisotopic (exact) mass is 386 g/mol. The number of nitrogens with zero attached hydrogens (tertiary/aromatic N) is 2. The number of hydrogen-bond acceptors (Lipinski definition) is 4. The fourth-order valence-corrected chi connectivity index (χ4v) is 4.56. The topological polar surface area (TPSA) is 40.6 Å². The summed E-state index contributed by atoms with van der Waals surface area (Å²) in [6.07, 6.45) is 3.25. The Morgan fingerprint density at radius 2 is 1.77 bits per heavy atom. The second-order valence-corrected chi connectivity index (χ2v) is 7.93. The van der Waals surface area contributed by atoms with Gasteiger partial charge in [-0.1, -0.05) is 23.7 Å². The average molecular weight is 387 g/mol. The van der Waals surface area contributed by atoms with Crippen LogP contribution in [0.2, 0.25) is 5.02 Å². The summed E-state index contributed by atoms with van der Waals surface area (Å²) in [6.45, 7) is 3.46. The Morgan fingerprint density at radius 3 is 2.46 bits per heavy atom. The lowest BCUT2D eigenvalue weighted by Gasteiger charge is -2.29. The van der Waals surface area contributed by atoms with Gasteiger partial charge in [-0.05, 0) is 55.3 Å². The van der Waals surface area contributed by atoms with E-state index in [0.29, 0.717) is 22.0 Å². The minimum Gasteiger partial charge on any atom is -0.366 e. The van der Waals surface area contributed by atoms with Crippen LogP contribution < -0.4 is 4.90 Å². The lowest BCUT2D eigenvalue weighted by molar-refractivity contribution is -0.120. The van der Waals surface area contributed by atoms with Crippen molar-refractivity contribution in [1.82, 2.24) is 4.90 Å². The first-order valence-corrected chi connectivity index (χ1v) is 10.0. The van der Waals surface area contributed by atoms with Crippen LogP contribution in [0, 0.1) is 6.92 Å². The Balaban J connectivity index is 1.84. The third-order valence-electron chi connectivity index (χ3n) is 4.98. The van der Waals surface area contributed by atoms with Crippen LogP contribution in [0.25, 0.3) is 5.57 Å². The molecular weight excluding hydrogens is 368 g/mol. The quantitative estimate of drug-likeness (QED) is 0.730. The molecule has 0 aliphatic carbocycles. The molecule has 1 aromatic heterocycles. The zero-order chi connectivity index (χ0) is 18.3. The number of imide groups is 1.